The highest BCUT2D eigenvalue weighted by Gasteiger charge is 2.22. The lowest BCUT2D eigenvalue weighted by Gasteiger charge is -2.08. The molecule has 0 aliphatic carbocycles. The van der Waals surface area contributed by atoms with E-state index >= 15 is 0 Å². The van der Waals surface area contributed by atoms with E-state index in [1.807, 2.05) is 17.5 Å². The Kier molecular flexibility index (Phi) is 6.96. The van der Waals surface area contributed by atoms with Gasteiger partial charge in [-0.3, -0.25) is 0 Å². The van der Waals surface area contributed by atoms with Crippen molar-refractivity contribution in [1.29, 1.82) is 0 Å². The minimum atomic E-state index is -0.823. The molecule has 0 unspecified atom stereocenters. The molecule has 8 heteroatoms. The van der Waals surface area contributed by atoms with Gasteiger partial charge in [-0.15, -0.1) is 16.4 Å². The van der Waals surface area contributed by atoms with Gasteiger partial charge in [0.15, 0.2) is 11.4 Å². The van der Waals surface area contributed by atoms with Crippen LogP contribution in [0.5, 0.6) is 0 Å². The van der Waals surface area contributed by atoms with Crippen LogP contribution in [0.1, 0.15) is 18.7 Å². The Morgan fingerprint density at radius 2 is 2.14 bits per heavy atom. The average molecular weight is 311 g/mol. The number of aliphatic hydroxyl groups excluding tert-OH is 1. The minimum Gasteiger partial charge on any atom is -0.480 e. The third-order valence-corrected chi connectivity index (χ3v) is 2.93. The second kappa shape index (κ2) is 8.75. The Hall–Kier alpha value is -2.35. The number of aliphatic hydroxyl groups is 1. The van der Waals surface area contributed by atoms with E-state index in [1.165, 1.54) is 17.6 Å². The van der Waals surface area contributed by atoms with Crippen LogP contribution in [-0.2, 0) is 14.3 Å². The van der Waals surface area contributed by atoms with Gasteiger partial charge >= 0.3 is 5.97 Å². The van der Waals surface area contributed by atoms with Crippen molar-refractivity contribution in [3.63, 3.8) is 0 Å². The van der Waals surface area contributed by atoms with E-state index in [2.05, 4.69) is 10.2 Å². The maximum Gasteiger partial charge on any atom is 0.349 e. The third kappa shape index (κ3) is 5.27. The first-order valence-corrected chi connectivity index (χ1v) is 7.11. The largest absolute Gasteiger partial charge is 0.480 e. The molecule has 0 amide bonds. The van der Waals surface area contributed by atoms with Crippen LogP contribution in [-0.4, -0.2) is 36.3 Å². The number of thiophene rings is 1. The highest BCUT2D eigenvalue weighted by Crippen LogP contribution is 2.08. The first-order chi connectivity index (χ1) is 10.1. The zero-order valence-corrected chi connectivity index (χ0v) is 12.6. The number of amidine groups is 1. The Bertz CT molecular complexity index is 550. The van der Waals surface area contributed by atoms with Gasteiger partial charge in [0.05, 0.1) is 19.4 Å². The summed E-state index contributed by atoms with van der Waals surface area (Å²) in [6.45, 7) is 3.59. The molecule has 3 N–H and O–H groups in total. The molecular formula is C13H17N3O4S. The zero-order valence-electron chi connectivity index (χ0n) is 11.8. The van der Waals surface area contributed by atoms with Crippen molar-refractivity contribution in [2.24, 2.45) is 15.9 Å². The fourth-order valence-corrected chi connectivity index (χ4v) is 1.86. The number of carbonyl (C=O) groups is 1. The number of nitrogens with zero attached hydrogens (tertiary/aromatic N) is 2. The molecule has 1 rings (SSSR count). The summed E-state index contributed by atoms with van der Waals surface area (Å²) >= 11 is 1.47. The molecule has 0 saturated carbocycles. The van der Waals surface area contributed by atoms with Gasteiger partial charge in [0.2, 0.25) is 0 Å². The number of hydrogen-bond donors (Lipinski definition) is 2. The Balaban J connectivity index is 2.96. The summed E-state index contributed by atoms with van der Waals surface area (Å²) in [6.07, 6.45) is 1.48. The zero-order chi connectivity index (χ0) is 15.7. The van der Waals surface area contributed by atoms with Gasteiger partial charge in [-0.1, -0.05) is 6.07 Å². The first kappa shape index (κ1) is 16.7. The lowest BCUT2D eigenvalue weighted by Crippen LogP contribution is -2.25. The Morgan fingerprint density at radius 3 is 2.71 bits per heavy atom. The van der Waals surface area contributed by atoms with Crippen LogP contribution in [0, 0.1) is 0 Å². The minimum absolute atomic E-state index is 0.132. The lowest BCUT2D eigenvalue weighted by atomic mass is 10.2. The van der Waals surface area contributed by atoms with E-state index in [0.29, 0.717) is 0 Å². The van der Waals surface area contributed by atoms with E-state index < -0.39 is 11.9 Å². The van der Waals surface area contributed by atoms with Gasteiger partial charge in [-0.2, -0.15) is 5.10 Å². The maximum atomic E-state index is 11.8. The fraction of sp³-hybridized carbons (Fsp3) is 0.308. The monoisotopic (exact) mass is 311 g/mol. The summed E-state index contributed by atoms with van der Waals surface area (Å²) in [7, 11) is 0. The molecule has 0 bridgehead atoms. The molecule has 7 nitrogen and oxygen atoms in total. The summed E-state index contributed by atoms with van der Waals surface area (Å²) in [5.41, 5.74) is 5.32. The Labute approximate surface area is 126 Å². The molecule has 0 radical (unpaired) electrons. The molecule has 0 aliphatic heterocycles. The quantitative estimate of drug-likeness (QED) is 0.199. The molecule has 0 saturated heterocycles. The van der Waals surface area contributed by atoms with Crippen molar-refractivity contribution in [2.75, 3.05) is 13.2 Å². The van der Waals surface area contributed by atoms with Gasteiger partial charge in [0.1, 0.15) is 0 Å². The van der Waals surface area contributed by atoms with Crippen molar-refractivity contribution in [2.45, 2.75) is 13.8 Å². The van der Waals surface area contributed by atoms with E-state index in [-0.39, 0.29) is 24.6 Å². The topological polar surface area (TPSA) is 107 Å². The second-order valence-electron chi connectivity index (χ2n) is 3.58. The lowest BCUT2D eigenvalue weighted by molar-refractivity contribution is -0.138. The van der Waals surface area contributed by atoms with Crippen LogP contribution in [0.25, 0.3) is 0 Å². The number of rotatable bonds is 7. The summed E-state index contributed by atoms with van der Waals surface area (Å²) in [4.78, 5) is 12.6. The number of nitrogens with two attached hydrogens (primary N) is 1. The van der Waals surface area contributed by atoms with Crippen LogP contribution in [0.2, 0.25) is 0 Å². The van der Waals surface area contributed by atoms with Crippen molar-refractivity contribution in [3.05, 3.63) is 33.9 Å². The van der Waals surface area contributed by atoms with Gasteiger partial charge in [-0.05, 0) is 25.3 Å². The smallest absolute Gasteiger partial charge is 0.349 e. The molecule has 0 fully saturated rings. The van der Waals surface area contributed by atoms with Crippen LogP contribution in [0.15, 0.2) is 39.2 Å². The highest BCUT2D eigenvalue weighted by atomic mass is 32.1. The number of ether oxygens (including phenoxy) is 2. The predicted molar refractivity (Wildman–Crippen MR) is 81.4 cm³/mol. The third-order valence-electron chi connectivity index (χ3n) is 2.12. The van der Waals surface area contributed by atoms with Crippen molar-refractivity contribution >= 4 is 29.4 Å². The van der Waals surface area contributed by atoms with Crippen LogP contribution >= 0.6 is 11.3 Å². The molecule has 1 aromatic heterocycles. The molecule has 114 valence electrons. The second-order valence-corrected chi connectivity index (χ2v) is 4.56. The van der Waals surface area contributed by atoms with Crippen LogP contribution in [0.3, 0.4) is 0 Å². The van der Waals surface area contributed by atoms with Gasteiger partial charge in [-0.25, -0.2) is 4.79 Å². The van der Waals surface area contributed by atoms with E-state index in [4.69, 9.17) is 15.2 Å². The van der Waals surface area contributed by atoms with Crippen LogP contribution in [0.4, 0.5) is 0 Å². The molecule has 1 aromatic rings. The van der Waals surface area contributed by atoms with E-state index in [9.17, 15) is 9.90 Å². The molecule has 0 aromatic carbocycles. The summed E-state index contributed by atoms with van der Waals surface area (Å²) in [6, 6.07) is 3.71. The molecular weight excluding hydrogens is 294 g/mol. The highest BCUT2D eigenvalue weighted by molar-refractivity contribution is 7.11. The van der Waals surface area contributed by atoms with E-state index in [0.717, 1.165) is 4.88 Å². The predicted octanol–water partition coefficient (Wildman–Crippen LogP) is 1.81. The van der Waals surface area contributed by atoms with E-state index in [1.54, 1.807) is 13.8 Å². The molecule has 0 spiro atoms. The number of hydrogen-bond acceptors (Lipinski definition) is 7. The average Bonchev–Trinajstić information content (AvgIpc) is 2.92. The summed E-state index contributed by atoms with van der Waals surface area (Å²) in [5.74, 6) is -1.74. The van der Waals surface area contributed by atoms with Crippen molar-refractivity contribution in [1.82, 2.24) is 0 Å². The van der Waals surface area contributed by atoms with Crippen LogP contribution < -0.4 is 5.73 Å². The number of carbonyl (C=O) groups excluding carboxylic acids is 1. The van der Waals surface area contributed by atoms with Gasteiger partial charge in [0.25, 0.3) is 5.95 Å². The van der Waals surface area contributed by atoms with Crippen molar-refractivity contribution < 1.29 is 19.4 Å². The fourth-order valence-electron chi connectivity index (χ4n) is 1.28. The van der Waals surface area contributed by atoms with Gasteiger partial charge < -0.3 is 20.3 Å². The number of esters is 1. The summed E-state index contributed by atoms with van der Waals surface area (Å²) < 4.78 is 9.67. The van der Waals surface area contributed by atoms with Crippen molar-refractivity contribution in [3.8, 4) is 0 Å². The molecule has 0 aliphatic rings. The first-order valence-electron chi connectivity index (χ1n) is 6.23. The molecule has 1 heterocycles. The Morgan fingerprint density at radius 1 is 1.43 bits per heavy atom. The molecule has 21 heavy (non-hydrogen) atoms. The van der Waals surface area contributed by atoms with Gasteiger partial charge in [0, 0.05) is 4.88 Å². The standard InChI is InChI=1S/C13H17N3O4S/c1-3-19-12(17)10(13(18)20-4-2)11(14)16-15-8-9-6-5-7-21-9/h5-8,17H,3-4H2,1-2H3,(H2,14,16)/b12-10-,15-8?. The normalized spacial score (nSPS) is 13.1. The maximum absolute atomic E-state index is 11.8. The summed E-state index contributed by atoms with van der Waals surface area (Å²) in [5, 5.41) is 19.0. The molecule has 0 atom stereocenters. The SMILES string of the molecule is CCOC(=O)C(/C(N)=N/N=Cc1cccs1)=C(/O)OCC.